The summed E-state index contributed by atoms with van der Waals surface area (Å²) >= 11 is 0. The van der Waals surface area contributed by atoms with Crippen molar-refractivity contribution < 1.29 is 22.5 Å². The molecule has 0 aliphatic carbocycles. The Balaban J connectivity index is 1.73. The van der Waals surface area contributed by atoms with Gasteiger partial charge in [-0.05, 0) is 57.9 Å². The summed E-state index contributed by atoms with van der Waals surface area (Å²) in [5.41, 5.74) is 4.91. The fraction of sp³-hybridized carbons (Fsp3) is 0.478. The Morgan fingerprint density at radius 1 is 1.26 bits per heavy atom. The number of pyridine rings is 2. The highest BCUT2D eigenvalue weighted by atomic mass is 32.2. The van der Waals surface area contributed by atoms with Crippen molar-refractivity contribution in [2.24, 2.45) is 15.1 Å². The molecular formula is C23H28F2N6O3S. The van der Waals surface area contributed by atoms with E-state index in [0.29, 0.717) is 13.0 Å². The molecule has 1 amide bonds. The van der Waals surface area contributed by atoms with Crippen molar-refractivity contribution in [3.8, 4) is 5.75 Å². The van der Waals surface area contributed by atoms with Crippen LogP contribution in [0.2, 0.25) is 0 Å². The normalized spacial score (nSPS) is 27.6. The van der Waals surface area contributed by atoms with E-state index in [1.807, 2.05) is 0 Å². The quantitative estimate of drug-likeness (QED) is 0.637. The molecule has 0 radical (unpaired) electrons. The van der Waals surface area contributed by atoms with E-state index in [2.05, 4.69) is 29.4 Å². The van der Waals surface area contributed by atoms with Crippen LogP contribution < -0.4 is 15.8 Å². The lowest BCUT2D eigenvalue weighted by atomic mass is 9.88. The molecule has 0 spiro atoms. The van der Waals surface area contributed by atoms with Gasteiger partial charge in [-0.1, -0.05) is 6.42 Å². The summed E-state index contributed by atoms with van der Waals surface area (Å²) in [4.78, 5) is 25.6. The van der Waals surface area contributed by atoms with Crippen molar-refractivity contribution in [3.63, 3.8) is 0 Å². The third-order valence-electron chi connectivity index (χ3n) is 6.63. The number of fused-ring (bicyclic) bond motifs is 1. The molecule has 188 valence electrons. The van der Waals surface area contributed by atoms with Crippen molar-refractivity contribution in [2.45, 2.75) is 55.6 Å². The smallest absolute Gasteiger partial charge is 0.275 e. The van der Waals surface area contributed by atoms with Gasteiger partial charge in [-0.25, -0.2) is 27.3 Å². The Labute approximate surface area is 202 Å². The Morgan fingerprint density at radius 3 is 2.71 bits per heavy atom. The minimum Gasteiger partial charge on any atom is -0.461 e. The summed E-state index contributed by atoms with van der Waals surface area (Å²) in [6.07, 6.45) is 3.27. The number of alkyl halides is 1. The first-order chi connectivity index (χ1) is 16.5. The standard InChI is InChI=1S/C23H28F2N6O3S/c1-22(2)21(26)31-23(3,17-6-4-5-11-28-35(17,22)33)19-15(25)8-10-18(29-19)30-20(32)16-9-7-14(12-27-16)34-13-24/h7-10,12,17H,4-6,11,13H2,1-3H3,(H2,26,31)(H,29,30,32)/t17-,23-,35-/m0/s1. The lowest BCUT2D eigenvalue weighted by Gasteiger charge is -2.45. The Bertz CT molecular complexity index is 1290. The number of halogens is 2. The fourth-order valence-electron chi connectivity index (χ4n) is 4.52. The number of aromatic nitrogens is 2. The maximum atomic E-state index is 15.2. The number of rotatable bonds is 5. The number of ether oxygens (including phenoxy) is 1. The fourth-order valence-corrected chi connectivity index (χ4v) is 7.75. The minimum absolute atomic E-state index is 0.0300. The molecule has 0 aromatic carbocycles. The molecular weight excluding hydrogens is 478 g/mol. The molecule has 2 aromatic rings. The Hall–Kier alpha value is -3.15. The number of carbonyl (C=O) groups is 1. The molecule has 0 fully saturated rings. The maximum Gasteiger partial charge on any atom is 0.275 e. The Morgan fingerprint density at radius 2 is 2.03 bits per heavy atom. The number of nitrogens with two attached hydrogens (primary N) is 1. The van der Waals surface area contributed by atoms with Gasteiger partial charge in [0, 0.05) is 6.54 Å². The second-order valence-electron chi connectivity index (χ2n) is 9.17. The zero-order valence-corrected chi connectivity index (χ0v) is 20.6. The summed E-state index contributed by atoms with van der Waals surface area (Å²) in [5.74, 6) is -0.893. The van der Waals surface area contributed by atoms with Crippen LogP contribution in [0.3, 0.4) is 0 Å². The summed E-state index contributed by atoms with van der Waals surface area (Å²) in [7, 11) is -2.93. The highest BCUT2D eigenvalue weighted by Gasteiger charge is 2.56. The van der Waals surface area contributed by atoms with Gasteiger partial charge in [0.05, 0.1) is 21.2 Å². The number of carbonyl (C=O) groups excluding carboxylic acids is 1. The topological polar surface area (TPSA) is 132 Å². The summed E-state index contributed by atoms with van der Waals surface area (Å²) in [5, 5.41) is 1.97. The number of aliphatic imine (C=N–C) groups is 1. The van der Waals surface area contributed by atoms with Gasteiger partial charge in [-0.3, -0.25) is 9.79 Å². The van der Waals surface area contributed by atoms with Crippen molar-refractivity contribution in [1.82, 2.24) is 9.97 Å². The molecule has 0 saturated heterocycles. The third kappa shape index (κ3) is 4.24. The lowest BCUT2D eigenvalue weighted by molar-refractivity contribution is 0.102. The Kier molecular flexibility index (Phi) is 6.52. The van der Waals surface area contributed by atoms with Gasteiger partial charge in [0.15, 0.2) is 0 Å². The van der Waals surface area contributed by atoms with Crippen LogP contribution in [0.5, 0.6) is 5.75 Å². The average molecular weight is 507 g/mol. The van der Waals surface area contributed by atoms with E-state index in [1.54, 1.807) is 20.8 Å². The van der Waals surface area contributed by atoms with Gasteiger partial charge < -0.3 is 15.8 Å². The summed E-state index contributed by atoms with van der Waals surface area (Å²) in [6.45, 7) is 4.61. The second kappa shape index (κ2) is 9.14. The van der Waals surface area contributed by atoms with Crippen LogP contribution in [-0.2, 0) is 15.3 Å². The molecule has 9 nitrogen and oxygen atoms in total. The van der Waals surface area contributed by atoms with Crippen molar-refractivity contribution in [1.29, 1.82) is 0 Å². The first kappa shape index (κ1) is 25.0. The van der Waals surface area contributed by atoms with E-state index in [4.69, 9.17) is 5.73 Å². The zero-order valence-electron chi connectivity index (χ0n) is 19.8. The molecule has 4 rings (SSSR count). The molecule has 4 heterocycles. The summed E-state index contributed by atoms with van der Waals surface area (Å²) in [6, 6.07) is 5.26. The zero-order chi connectivity index (χ0) is 25.4. The van der Waals surface area contributed by atoms with Crippen LogP contribution in [0.15, 0.2) is 39.8 Å². The number of hydrogen-bond acceptors (Lipinski definition) is 8. The van der Waals surface area contributed by atoms with E-state index in [0.717, 1.165) is 12.8 Å². The van der Waals surface area contributed by atoms with Gasteiger partial charge in [-0.2, -0.15) is 0 Å². The largest absolute Gasteiger partial charge is 0.461 e. The van der Waals surface area contributed by atoms with E-state index in [-0.39, 0.29) is 28.8 Å². The SMILES string of the molecule is CC1(C)C(N)=N[C@](C)(c2nc(NC(=O)c3ccc(OCF)cn3)ccc2F)[C@@H]2CCCCN=[S@]21=O. The number of amides is 1. The van der Waals surface area contributed by atoms with Crippen LogP contribution in [-0.4, -0.2) is 49.3 Å². The lowest BCUT2D eigenvalue weighted by Crippen LogP contribution is -2.59. The number of amidine groups is 1. The predicted octanol–water partition coefficient (Wildman–Crippen LogP) is 3.56. The highest BCUT2D eigenvalue weighted by molar-refractivity contribution is 7.96. The van der Waals surface area contributed by atoms with E-state index in [9.17, 15) is 13.4 Å². The van der Waals surface area contributed by atoms with Crippen molar-refractivity contribution in [2.75, 3.05) is 18.7 Å². The van der Waals surface area contributed by atoms with Crippen LogP contribution in [0.1, 0.15) is 56.2 Å². The number of hydrogen-bond donors (Lipinski definition) is 2. The molecule has 0 unspecified atom stereocenters. The molecule has 0 bridgehead atoms. The molecule has 3 N–H and O–H groups in total. The van der Waals surface area contributed by atoms with Gasteiger partial charge in [0.25, 0.3) is 5.91 Å². The monoisotopic (exact) mass is 506 g/mol. The number of nitrogens with zero attached hydrogens (tertiary/aromatic N) is 4. The van der Waals surface area contributed by atoms with Crippen molar-refractivity contribution >= 4 is 27.3 Å². The van der Waals surface area contributed by atoms with Crippen LogP contribution in [0.25, 0.3) is 0 Å². The van der Waals surface area contributed by atoms with Gasteiger partial charge in [0.2, 0.25) is 6.86 Å². The predicted molar refractivity (Wildman–Crippen MR) is 129 cm³/mol. The molecule has 2 aliphatic rings. The van der Waals surface area contributed by atoms with E-state index < -0.39 is 43.8 Å². The molecule has 2 aliphatic heterocycles. The summed E-state index contributed by atoms with van der Waals surface area (Å²) < 4.78 is 50.1. The van der Waals surface area contributed by atoms with Crippen LogP contribution in [0.4, 0.5) is 14.6 Å². The molecule has 0 saturated carbocycles. The first-order valence-corrected chi connectivity index (χ1v) is 12.8. The number of anilines is 1. The molecule has 35 heavy (non-hydrogen) atoms. The highest BCUT2D eigenvalue weighted by Crippen LogP contribution is 2.46. The molecule has 12 heteroatoms. The number of nitrogens with one attached hydrogen (secondary N) is 1. The van der Waals surface area contributed by atoms with E-state index in [1.165, 1.54) is 30.5 Å². The van der Waals surface area contributed by atoms with Crippen LogP contribution in [0, 0.1) is 5.82 Å². The third-order valence-corrected chi connectivity index (χ3v) is 10.3. The van der Waals surface area contributed by atoms with Crippen LogP contribution >= 0.6 is 0 Å². The van der Waals surface area contributed by atoms with Gasteiger partial charge in [0.1, 0.15) is 44.9 Å². The molecule has 3 atom stereocenters. The second-order valence-corrected chi connectivity index (χ2v) is 12.2. The van der Waals surface area contributed by atoms with Gasteiger partial charge >= 0.3 is 0 Å². The van der Waals surface area contributed by atoms with Crippen molar-refractivity contribution in [3.05, 3.63) is 47.7 Å². The minimum atomic E-state index is -2.93. The van der Waals surface area contributed by atoms with E-state index >= 15 is 4.39 Å². The van der Waals surface area contributed by atoms with Gasteiger partial charge in [-0.15, -0.1) is 0 Å². The maximum absolute atomic E-state index is 15.2. The molecule has 2 aromatic heterocycles. The first-order valence-electron chi connectivity index (χ1n) is 11.2. The average Bonchev–Trinajstić information content (AvgIpc) is 3.03.